The molecule has 4 nitrogen and oxygen atoms in total. The molecular weight excluding hydrogens is 190 g/mol. The van der Waals surface area contributed by atoms with Crippen LogP contribution in [0.4, 0.5) is 0 Å². The molecular formula is C8H10ClN3O. The summed E-state index contributed by atoms with van der Waals surface area (Å²) in [5.74, 6) is -0.545. The maximum absolute atomic E-state index is 11.0. The van der Waals surface area contributed by atoms with Gasteiger partial charge in [-0.2, -0.15) is 0 Å². The van der Waals surface area contributed by atoms with Crippen LogP contribution in [0, 0.1) is 0 Å². The monoisotopic (exact) mass is 199 g/mol. The zero-order valence-electron chi connectivity index (χ0n) is 7.12. The molecule has 5 heteroatoms. The Labute approximate surface area is 80.9 Å². The number of amides is 1. The normalized spacial score (nSPS) is 12.5. The summed E-state index contributed by atoms with van der Waals surface area (Å²) in [7, 11) is 0. The summed E-state index contributed by atoms with van der Waals surface area (Å²) in [5, 5.41) is 0.234. The summed E-state index contributed by atoms with van der Waals surface area (Å²) in [5.41, 5.74) is 11.7. The Morgan fingerprint density at radius 1 is 1.69 bits per heavy atom. The van der Waals surface area contributed by atoms with Crippen molar-refractivity contribution in [1.82, 2.24) is 4.98 Å². The maximum atomic E-state index is 11.0. The van der Waals surface area contributed by atoms with E-state index in [-0.39, 0.29) is 11.2 Å². The lowest BCUT2D eigenvalue weighted by Gasteiger charge is -2.09. The second kappa shape index (κ2) is 3.72. The summed E-state index contributed by atoms with van der Waals surface area (Å²) in [6, 6.07) is 1.13. The minimum atomic E-state index is -0.545. The molecule has 1 heterocycles. The molecule has 4 N–H and O–H groups in total. The fraction of sp³-hybridized carbons (Fsp3) is 0.250. The number of aromatic nitrogens is 1. The third-order valence-corrected chi connectivity index (χ3v) is 1.86. The SMILES string of the molecule is CC(N)c1cnc(Cl)cc1C(N)=O. The van der Waals surface area contributed by atoms with Gasteiger partial charge in [0.05, 0.1) is 0 Å². The van der Waals surface area contributed by atoms with E-state index in [1.54, 1.807) is 6.92 Å². The standard InChI is InChI=1S/C8H10ClN3O/c1-4(10)6-3-12-7(9)2-5(6)8(11)13/h2-4H,10H2,1H3,(H2,11,13). The fourth-order valence-electron chi connectivity index (χ4n) is 1.02. The average molecular weight is 200 g/mol. The number of rotatable bonds is 2. The smallest absolute Gasteiger partial charge is 0.249 e. The Hall–Kier alpha value is -1.13. The Bertz CT molecular complexity index is 338. The zero-order chi connectivity index (χ0) is 10.0. The molecule has 70 valence electrons. The molecule has 0 aliphatic heterocycles. The third kappa shape index (κ3) is 2.17. The van der Waals surface area contributed by atoms with Crippen LogP contribution in [0.25, 0.3) is 0 Å². The van der Waals surface area contributed by atoms with E-state index in [2.05, 4.69) is 4.98 Å². The fourth-order valence-corrected chi connectivity index (χ4v) is 1.17. The third-order valence-electron chi connectivity index (χ3n) is 1.66. The van der Waals surface area contributed by atoms with Crippen molar-refractivity contribution in [3.05, 3.63) is 28.5 Å². The first kappa shape index (κ1) is 9.95. The Morgan fingerprint density at radius 3 is 2.77 bits per heavy atom. The topological polar surface area (TPSA) is 82.0 Å². The van der Waals surface area contributed by atoms with Crippen molar-refractivity contribution in [2.75, 3.05) is 0 Å². The van der Waals surface area contributed by atoms with Crippen LogP contribution in [0.2, 0.25) is 5.15 Å². The van der Waals surface area contributed by atoms with Crippen molar-refractivity contribution < 1.29 is 4.79 Å². The number of pyridine rings is 1. The highest BCUT2D eigenvalue weighted by Gasteiger charge is 2.12. The van der Waals surface area contributed by atoms with Crippen LogP contribution in [-0.4, -0.2) is 10.9 Å². The highest BCUT2D eigenvalue weighted by molar-refractivity contribution is 6.29. The Morgan fingerprint density at radius 2 is 2.31 bits per heavy atom. The summed E-state index contributed by atoms with van der Waals surface area (Å²) in [6.07, 6.45) is 1.47. The van der Waals surface area contributed by atoms with Gasteiger partial charge in [0, 0.05) is 17.8 Å². The number of nitrogens with two attached hydrogens (primary N) is 2. The molecule has 1 aromatic heterocycles. The predicted octanol–water partition coefficient (Wildman–Crippen LogP) is 0.854. The highest BCUT2D eigenvalue weighted by Crippen LogP contribution is 2.17. The highest BCUT2D eigenvalue weighted by atomic mass is 35.5. The molecule has 0 fully saturated rings. The van der Waals surface area contributed by atoms with Crippen molar-refractivity contribution in [2.45, 2.75) is 13.0 Å². The number of hydrogen-bond donors (Lipinski definition) is 2. The van der Waals surface area contributed by atoms with Crippen LogP contribution in [0.1, 0.15) is 28.9 Å². The van der Waals surface area contributed by atoms with Crippen molar-refractivity contribution in [3.63, 3.8) is 0 Å². The first-order valence-electron chi connectivity index (χ1n) is 3.73. The van der Waals surface area contributed by atoms with Gasteiger partial charge in [-0.05, 0) is 18.6 Å². The summed E-state index contributed by atoms with van der Waals surface area (Å²) in [6.45, 7) is 1.75. The van der Waals surface area contributed by atoms with Gasteiger partial charge < -0.3 is 11.5 Å². The molecule has 1 atom stereocenters. The van der Waals surface area contributed by atoms with Gasteiger partial charge in [-0.1, -0.05) is 11.6 Å². The van der Waals surface area contributed by atoms with E-state index in [0.717, 1.165) is 0 Å². The molecule has 1 rings (SSSR count). The molecule has 1 amide bonds. The van der Waals surface area contributed by atoms with Crippen molar-refractivity contribution in [2.24, 2.45) is 11.5 Å². The molecule has 0 saturated carbocycles. The van der Waals surface area contributed by atoms with Crippen LogP contribution >= 0.6 is 11.6 Å². The van der Waals surface area contributed by atoms with Gasteiger partial charge in [-0.25, -0.2) is 4.98 Å². The Balaban J connectivity index is 3.27. The van der Waals surface area contributed by atoms with Gasteiger partial charge in [0.25, 0.3) is 0 Å². The van der Waals surface area contributed by atoms with Crippen LogP contribution in [0.3, 0.4) is 0 Å². The quantitative estimate of drug-likeness (QED) is 0.693. The van der Waals surface area contributed by atoms with Crippen molar-refractivity contribution in [3.8, 4) is 0 Å². The van der Waals surface area contributed by atoms with Crippen molar-refractivity contribution >= 4 is 17.5 Å². The predicted molar refractivity (Wildman–Crippen MR) is 50.4 cm³/mol. The average Bonchev–Trinajstić information content (AvgIpc) is 2.03. The lowest BCUT2D eigenvalue weighted by atomic mass is 10.0. The molecule has 0 saturated heterocycles. The molecule has 0 spiro atoms. The van der Waals surface area contributed by atoms with Gasteiger partial charge in [0.2, 0.25) is 5.91 Å². The van der Waals surface area contributed by atoms with E-state index in [1.165, 1.54) is 12.3 Å². The first-order chi connectivity index (χ1) is 6.02. The van der Waals surface area contributed by atoms with E-state index < -0.39 is 5.91 Å². The van der Waals surface area contributed by atoms with E-state index >= 15 is 0 Å². The summed E-state index contributed by atoms with van der Waals surface area (Å²) < 4.78 is 0. The van der Waals surface area contributed by atoms with Gasteiger partial charge in [0.15, 0.2) is 0 Å². The molecule has 0 aromatic carbocycles. The number of carbonyl (C=O) groups excluding carboxylic acids is 1. The van der Waals surface area contributed by atoms with Gasteiger partial charge >= 0.3 is 0 Å². The Kier molecular flexibility index (Phi) is 2.85. The van der Waals surface area contributed by atoms with Crippen LogP contribution in [0.5, 0.6) is 0 Å². The van der Waals surface area contributed by atoms with Crippen molar-refractivity contribution in [1.29, 1.82) is 0 Å². The van der Waals surface area contributed by atoms with E-state index in [0.29, 0.717) is 11.1 Å². The first-order valence-corrected chi connectivity index (χ1v) is 4.11. The lowest BCUT2D eigenvalue weighted by molar-refractivity contribution is 0.0999. The van der Waals surface area contributed by atoms with Crippen LogP contribution in [0.15, 0.2) is 12.3 Å². The van der Waals surface area contributed by atoms with Crippen LogP contribution in [-0.2, 0) is 0 Å². The second-order valence-corrected chi connectivity index (χ2v) is 3.13. The lowest BCUT2D eigenvalue weighted by Crippen LogP contribution is -2.18. The molecule has 1 unspecified atom stereocenters. The zero-order valence-corrected chi connectivity index (χ0v) is 7.88. The summed E-state index contributed by atoms with van der Waals surface area (Å²) in [4.78, 5) is 14.8. The number of hydrogen-bond acceptors (Lipinski definition) is 3. The maximum Gasteiger partial charge on any atom is 0.249 e. The van der Waals surface area contributed by atoms with Gasteiger partial charge in [0.1, 0.15) is 5.15 Å². The summed E-state index contributed by atoms with van der Waals surface area (Å²) >= 11 is 5.61. The molecule has 13 heavy (non-hydrogen) atoms. The largest absolute Gasteiger partial charge is 0.366 e. The minimum absolute atomic E-state index is 0.234. The number of carbonyl (C=O) groups is 1. The minimum Gasteiger partial charge on any atom is -0.366 e. The van der Waals surface area contributed by atoms with E-state index in [4.69, 9.17) is 23.1 Å². The molecule has 0 radical (unpaired) electrons. The number of nitrogens with zero attached hydrogens (tertiary/aromatic N) is 1. The van der Waals surface area contributed by atoms with E-state index in [1.807, 2.05) is 0 Å². The second-order valence-electron chi connectivity index (χ2n) is 2.75. The van der Waals surface area contributed by atoms with Gasteiger partial charge in [-0.3, -0.25) is 4.79 Å². The molecule has 0 bridgehead atoms. The van der Waals surface area contributed by atoms with Gasteiger partial charge in [-0.15, -0.1) is 0 Å². The molecule has 0 aliphatic carbocycles. The van der Waals surface area contributed by atoms with Crippen LogP contribution < -0.4 is 11.5 Å². The number of primary amides is 1. The molecule has 0 aliphatic rings. The number of halogens is 1. The van der Waals surface area contributed by atoms with E-state index in [9.17, 15) is 4.79 Å². The molecule has 1 aromatic rings.